The number of anilines is 1. The summed E-state index contributed by atoms with van der Waals surface area (Å²) in [6, 6.07) is 2.30. The molecule has 0 bridgehead atoms. The average molecular weight is 315 g/mol. The highest BCUT2D eigenvalue weighted by atomic mass is 19.4. The third-order valence-electron chi connectivity index (χ3n) is 3.43. The van der Waals surface area contributed by atoms with Gasteiger partial charge in [-0.25, -0.2) is 4.98 Å². The molecule has 1 aromatic heterocycles. The molecule has 122 valence electrons. The number of guanidine groups is 1. The third kappa shape index (κ3) is 4.25. The summed E-state index contributed by atoms with van der Waals surface area (Å²) in [7, 11) is 1.70. The van der Waals surface area contributed by atoms with Crippen molar-refractivity contribution in [2.24, 2.45) is 4.99 Å². The van der Waals surface area contributed by atoms with Crippen molar-refractivity contribution in [3.63, 3.8) is 0 Å². The molecule has 0 spiro atoms. The zero-order valence-corrected chi connectivity index (χ0v) is 12.5. The van der Waals surface area contributed by atoms with Gasteiger partial charge in [0.05, 0.1) is 5.56 Å². The molecular formula is C14H20F3N5. The van der Waals surface area contributed by atoms with Gasteiger partial charge in [0.15, 0.2) is 5.96 Å². The van der Waals surface area contributed by atoms with Gasteiger partial charge in [-0.1, -0.05) is 0 Å². The molecule has 2 heterocycles. The van der Waals surface area contributed by atoms with Gasteiger partial charge >= 0.3 is 6.18 Å². The van der Waals surface area contributed by atoms with Crippen molar-refractivity contribution >= 4 is 11.8 Å². The number of alkyl halides is 3. The molecule has 2 N–H and O–H groups in total. The summed E-state index contributed by atoms with van der Waals surface area (Å²) in [5, 5.41) is 5.87. The lowest BCUT2D eigenvalue weighted by Gasteiger charge is -2.21. The fraction of sp³-hybridized carbons (Fsp3) is 0.571. The largest absolute Gasteiger partial charge is 0.419 e. The van der Waals surface area contributed by atoms with Gasteiger partial charge in [-0.2, -0.15) is 13.2 Å². The topological polar surface area (TPSA) is 52.6 Å². The Morgan fingerprint density at radius 2 is 2.05 bits per heavy atom. The van der Waals surface area contributed by atoms with Crippen molar-refractivity contribution < 1.29 is 13.2 Å². The first-order valence-electron chi connectivity index (χ1n) is 7.24. The number of nitrogens with one attached hydrogen (secondary N) is 2. The Bertz CT molecular complexity index is 509. The number of halogens is 3. The smallest absolute Gasteiger partial charge is 0.368 e. The predicted molar refractivity (Wildman–Crippen MR) is 79.9 cm³/mol. The Morgan fingerprint density at radius 3 is 2.68 bits per heavy atom. The Hall–Kier alpha value is -1.99. The number of pyridine rings is 1. The van der Waals surface area contributed by atoms with E-state index in [1.807, 2.05) is 0 Å². The molecule has 1 aliphatic heterocycles. The summed E-state index contributed by atoms with van der Waals surface area (Å²) < 4.78 is 38.5. The van der Waals surface area contributed by atoms with Gasteiger partial charge in [-0.3, -0.25) is 4.99 Å². The van der Waals surface area contributed by atoms with Crippen LogP contribution in [0.3, 0.4) is 0 Å². The second-order valence-electron chi connectivity index (χ2n) is 4.99. The van der Waals surface area contributed by atoms with Gasteiger partial charge in [-0.05, 0) is 25.0 Å². The summed E-state index contributed by atoms with van der Waals surface area (Å²) in [5.74, 6) is 0.643. The van der Waals surface area contributed by atoms with Crippen LogP contribution in [-0.4, -0.2) is 49.1 Å². The first-order valence-corrected chi connectivity index (χ1v) is 7.24. The highest BCUT2D eigenvalue weighted by molar-refractivity contribution is 5.80. The molecule has 0 radical (unpaired) electrons. The summed E-state index contributed by atoms with van der Waals surface area (Å²) in [6.45, 7) is 2.72. The Morgan fingerprint density at radius 1 is 1.32 bits per heavy atom. The number of aromatic nitrogens is 1. The fourth-order valence-electron chi connectivity index (χ4n) is 2.39. The molecule has 0 aromatic carbocycles. The van der Waals surface area contributed by atoms with Gasteiger partial charge in [0.2, 0.25) is 0 Å². The molecule has 1 aromatic rings. The van der Waals surface area contributed by atoms with Gasteiger partial charge in [0.25, 0.3) is 0 Å². The van der Waals surface area contributed by atoms with Crippen LogP contribution in [0.4, 0.5) is 19.0 Å². The van der Waals surface area contributed by atoms with Gasteiger partial charge in [-0.15, -0.1) is 0 Å². The standard InChI is InChI=1S/C14H20F3N5/c1-18-13(22-9-2-3-10-22)21-8-7-20-12-11(14(15,16)17)5-4-6-19-12/h4-6H,2-3,7-10H2,1H3,(H,18,21)(H,19,20). The van der Waals surface area contributed by atoms with Crippen LogP contribution in [0.25, 0.3) is 0 Å². The summed E-state index contributed by atoms with van der Waals surface area (Å²) in [4.78, 5) is 10.1. The van der Waals surface area contributed by atoms with Crippen molar-refractivity contribution in [1.82, 2.24) is 15.2 Å². The van der Waals surface area contributed by atoms with Gasteiger partial charge < -0.3 is 15.5 Å². The van der Waals surface area contributed by atoms with E-state index in [0.717, 1.165) is 38.0 Å². The molecule has 1 aliphatic rings. The normalized spacial score (nSPS) is 16.0. The Labute approximate surface area is 127 Å². The molecule has 0 saturated carbocycles. The maximum Gasteiger partial charge on any atom is 0.419 e. The van der Waals surface area contributed by atoms with Crippen molar-refractivity contribution in [3.05, 3.63) is 23.9 Å². The molecule has 22 heavy (non-hydrogen) atoms. The zero-order chi connectivity index (χ0) is 16.0. The maximum absolute atomic E-state index is 12.8. The van der Waals surface area contributed by atoms with Crippen LogP contribution < -0.4 is 10.6 Å². The van der Waals surface area contributed by atoms with Gasteiger partial charge in [0.1, 0.15) is 5.82 Å². The van der Waals surface area contributed by atoms with Crippen LogP contribution in [0, 0.1) is 0 Å². The number of hydrogen-bond donors (Lipinski definition) is 2. The molecule has 0 aliphatic carbocycles. The molecule has 1 saturated heterocycles. The predicted octanol–water partition coefficient (Wildman–Crippen LogP) is 2.18. The lowest BCUT2D eigenvalue weighted by atomic mass is 10.2. The quantitative estimate of drug-likeness (QED) is 0.508. The first-order chi connectivity index (χ1) is 10.5. The first kappa shape index (κ1) is 16.4. The Kier molecular flexibility index (Phi) is 5.46. The lowest BCUT2D eigenvalue weighted by Crippen LogP contribution is -2.41. The second kappa shape index (κ2) is 7.33. The van der Waals surface area contributed by atoms with Crippen molar-refractivity contribution in [2.45, 2.75) is 19.0 Å². The van der Waals surface area contributed by atoms with Crippen LogP contribution in [-0.2, 0) is 6.18 Å². The summed E-state index contributed by atoms with van der Waals surface area (Å²) >= 11 is 0. The second-order valence-corrected chi connectivity index (χ2v) is 4.99. The minimum atomic E-state index is -4.41. The van der Waals surface area contributed by atoms with Gasteiger partial charge in [0, 0.05) is 39.4 Å². The fourth-order valence-corrected chi connectivity index (χ4v) is 2.39. The SMILES string of the molecule is CN=C(NCCNc1ncccc1C(F)(F)F)N1CCCC1. The van der Waals surface area contributed by atoms with Crippen molar-refractivity contribution in [2.75, 3.05) is 38.5 Å². The van der Waals surface area contributed by atoms with E-state index in [1.165, 1.54) is 12.3 Å². The summed E-state index contributed by atoms with van der Waals surface area (Å²) in [6.07, 6.45) is -0.784. The molecule has 0 amide bonds. The van der Waals surface area contributed by atoms with Crippen LogP contribution in [0.5, 0.6) is 0 Å². The molecule has 5 nitrogen and oxygen atoms in total. The zero-order valence-electron chi connectivity index (χ0n) is 12.5. The van der Waals surface area contributed by atoms with Crippen LogP contribution in [0.15, 0.2) is 23.3 Å². The summed E-state index contributed by atoms with van der Waals surface area (Å²) in [5.41, 5.74) is -0.751. The highest BCUT2D eigenvalue weighted by Crippen LogP contribution is 2.33. The number of likely N-dealkylation sites (tertiary alicyclic amines) is 1. The Balaban J connectivity index is 1.84. The average Bonchev–Trinajstić information content (AvgIpc) is 3.01. The van der Waals surface area contributed by atoms with Crippen LogP contribution in [0.1, 0.15) is 18.4 Å². The third-order valence-corrected chi connectivity index (χ3v) is 3.43. The number of hydrogen-bond acceptors (Lipinski definition) is 3. The van der Waals surface area contributed by atoms with E-state index in [0.29, 0.717) is 13.1 Å². The molecule has 0 atom stereocenters. The van der Waals surface area contributed by atoms with Crippen molar-refractivity contribution in [1.29, 1.82) is 0 Å². The minimum Gasteiger partial charge on any atom is -0.368 e. The van der Waals surface area contributed by atoms with Crippen molar-refractivity contribution in [3.8, 4) is 0 Å². The number of rotatable bonds is 4. The molecule has 8 heteroatoms. The molecular weight excluding hydrogens is 295 g/mol. The van der Waals surface area contributed by atoms with E-state index in [2.05, 4.69) is 25.5 Å². The molecule has 2 rings (SSSR count). The number of nitrogens with zero attached hydrogens (tertiary/aromatic N) is 3. The van der Waals surface area contributed by atoms with E-state index in [1.54, 1.807) is 7.05 Å². The van der Waals surface area contributed by atoms with E-state index in [9.17, 15) is 13.2 Å². The van der Waals surface area contributed by atoms with E-state index in [4.69, 9.17) is 0 Å². The lowest BCUT2D eigenvalue weighted by molar-refractivity contribution is -0.137. The maximum atomic E-state index is 12.8. The van der Waals surface area contributed by atoms with E-state index >= 15 is 0 Å². The molecule has 1 fully saturated rings. The minimum absolute atomic E-state index is 0.145. The number of aliphatic imine (C=N–C) groups is 1. The monoisotopic (exact) mass is 315 g/mol. The highest BCUT2D eigenvalue weighted by Gasteiger charge is 2.33. The van der Waals surface area contributed by atoms with E-state index in [-0.39, 0.29) is 5.82 Å². The van der Waals surface area contributed by atoms with Crippen LogP contribution in [0.2, 0.25) is 0 Å². The van der Waals surface area contributed by atoms with Crippen LogP contribution >= 0.6 is 0 Å². The van der Waals surface area contributed by atoms with E-state index < -0.39 is 11.7 Å². The molecule has 0 unspecified atom stereocenters.